The quantitative estimate of drug-likeness (QED) is 0.808. The van der Waals surface area contributed by atoms with E-state index in [0.29, 0.717) is 22.3 Å². The van der Waals surface area contributed by atoms with Crippen molar-refractivity contribution in [2.45, 2.75) is 19.4 Å². The van der Waals surface area contributed by atoms with E-state index in [1.54, 1.807) is 18.2 Å². The van der Waals surface area contributed by atoms with E-state index < -0.39 is 11.6 Å². The van der Waals surface area contributed by atoms with E-state index in [0.717, 1.165) is 0 Å². The second-order valence-corrected chi connectivity index (χ2v) is 5.00. The Morgan fingerprint density at radius 3 is 2.74 bits per heavy atom. The molecule has 19 heavy (non-hydrogen) atoms. The van der Waals surface area contributed by atoms with Gasteiger partial charge in [0.2, 0.25) is 5.88 Å². The largest absolute Gasteiger partial charge is 0.493 e. The number of aromatic hydroxyl groups is 1. The summed E-state index contributed by atoms with van der Waals surface area (Å²) in [6.45, 7) is 1.88. The van der Waals surface area contributed by atoms with Crippen molar-refractivity contribution in [1.82, 2.24) is 9.97 Å². The number of aromatic nitrogens is 2. The number of benzene rings is 1. The van der Waals surface area contributed by atoms with Crippen LogP contribution in [0.1, 0.15) is 25.2 Å². The van der Waals surface area contributed by atoms with Crippen molar-refractivity contribution in [2.24, 2.45) is 5.73 Å². The van der Waals surface area contributed by atoms with Gasteiger partial charge in [-0.3, -0.25) is 4.79 Å². The van der Waals surface area contributed by atoms with Gasteiger partial charge in [-0.05, 0) is 12.5 Å². The summed E-state index contributed by atoms with van der Waals surface area (Å²) in [7, 11) is 0. The van der Waals surface area contributed by atoms with Gasteiger partial charge in [0.25, 0.3) is 5.56 Å². The summed E-state index contributed by atoms with van der Waals surface area (Å²) in [4.78, 5) is 18.7. The van der Waals surface area contributed by atoms with E-state index in [1.165, 1.54) is 0 Å². The van der Waals surface area contributed by atoms with Gasteiger partial charge in [0, 0.05) is 10.0 Å². The third-order valence-corrected chi connectivity index (χ3v) is 3.54. The molecule has 0 aliphatic heterocycles. The minimum atomic E-state index is -0.404. The lowest BCUT2D eigenvalue weighted by atomic mass is 10.1. The standard InChI is InChI=1S/C13H14BrN3O2/c1-2-9(15)11-16-12(18)10(13(19)17-11)7-5-3-4-6-8(7)14/h3-6,9H,2,15H2,1H3,(H2,16,17,18,19). The summed E-state index contributed by atoms with van der Waals surface area (Å²) in [5.74, 6) is -0.0182. The van der Waals surface area contributed by atoms with Gasteiger partial charge < -0.3 is 15.8 Å². The molecule has 2 rings (SSSR count). The number of nitrogens with one attached hydrogen (secondary N) is 1. The summed E-state index contributed by atoms with van der Waals surface area (Å²) in [5, 5.41) is 9.99. The molecule has 0 aliphatic carbocycles. The smallest absolute Gasteiger partial charge is 0.262 e. The lowest BCUT2D eigenvalue weighted by molar-refractivity contribution is 0.446. The topological polar surface area (TPSA) is 92.0 Å². The van der Waals surface area contributed by atoms with Crippen molar-refractivity contribution in [3.05, 3.63) is 44.9 Å². The zero-order valence-corrected chi connectivity index (χ0v) is 11.9. The van der Waals surface area contributed by atoms with E-state index in [2.05, 4.69) is 25.9 Å². The molecule has 0 saturated heterocycles. The molecule has 1 aromatic carbocycles. The van der Waals surface area contributed by atoms with Crippen LogP contribution in [0.15, 0.2) is 33.5 Å². The second-order valence-electron chi connectivity index (χ2n) is 4.14. The highest BCUT2D eigenvalue weighted by atomic mass is 79.9. The lowest BCUT2D eigenvalue weighted by Crippen LogP contribution is -2.20. The van der Waals surface area contributed by atoms with Crippen LogP contribution in [0, 0.1) is 0 Å². The maximum Gasteiger partial charge on any atom is 0.262 e. The summed E-state index contributed by atoms with van der Waals surface area (Å²) < 4.78 is 0.713. The number of H-pyrrole nitrogens is 1. The Labute approximate surface area is 118 Å². The molecule has 5 nitrogen and oxygen atoms in total. The molecule has 6 heteroatoms. The van der Waals surface area contributed by atoms with Crippen LogP contribution in [0.5, 0.6) is 5.88 Å². The Bertz CT molecular complexity index is 655. The molecule has 0 spiro atoms. The predicted molar refractivity (Wildman–Crippen MR) is 76.9 cm³/mol. The highest BCUT2D eigenvalue weighted by Gasteiger charge is 2.17. The SMILES string of the molecule is CCC(N)c1nc(O)c(-c2ccccc2Br)c(=O)[nH]1. The summed E-state index contributed by atoms with van der Waals surface area (Å²) in [6, 6.07) is 6.74. The molecule has 0 amide bonds. The van der Waals surface area contributed by atoms with Gasteiger partial charge in [-0.1, -0.05) is 41.1 Å². The number of nitrogens with two attached hydrogens (primary N) is 1. The Morgan fingerprint density at radius 1 is 1.47 bits per heavy atom. The van der Waals surface area contributed by atoms with Crippen LogP contribution in [-0.4, -0.2) is 15.1 Å². The predicted octanol–water partition coefficient (Wildman–Crippen LogP) is 2.31. The Balaban J connectivity index is 2.61. The fourth-order valence-corrected chi connectivity index (χ4v) is 2.24. The molecule has 1 unspecified atom stereocenters. The average molecular weight is 324 g/mol. The van der Waals surface area contributed by atoms with E-state index in [1.807, 2.05) is 13.0 Å². The number of hydrogen-bond donors (Lipinski definition) is 3. The molecule has 4 N–H and O–H groups in total. The monoisotopic (exact) mass is 323 g/mol. The Morgan fingerprint density at radius 2 is 2.16 bits per heavy atom. The fourth-order valence-electron chi connectivity index (χ4n) is 1.75. The molecule has 1 aromatic heterocycles. The maximum absolute atomic E-state index is 12.1. The Hall–Kier alpha value is -1.66. The molecular weight excluding hydrogens is 310 g/mol. The van der Waals surface area contributed by atoms with Gasteiger partial charge in [-0.25, -0.2) is 0 Å². The van der Waals surface area contributed by atoms with Crippen molar-refractivity contribution in [2.75, 3.05) is 0 Å². The number of nitrogens with zero attached hydrogens (tertiary/aromatic N) is 1. The van der Waals surface area contributed by atoms with Gasteiger partial charge in [0.1, 0.15) is 11.4 Å². The third-order valence-electron chi connectivity index (χ3n) is 2.85. The van der Waals surface area contributed by atoms with Gasteiger partial charge in [0.05, 0.1) is 6.04 Å². The van der Waals surface area contributed by atoms with Crippen LogP contribution in [0.2, 0.25) is 0 Å². The highest BCUT2D eigenvalue weighted by Crippen LogP contribution is 2.30. The highest BCUT2D eigenvalue weighted by molar-refractivity contribution is 9.10. The van der Waals surface area contributed by atoms with E-state index in [4.69, 9.17) is 5.73 Å². The maximum atomic E-state index is 12.1. The first kappa shape index (κ1) is 13.8. The van der Waals surface area contributed by atoms with Crippen LogP contribution >= 0.6 is 15.9 Å². The summed E-state index contributed by atoms with van der Waals surface area (Å²) >= 11 is 3.35. The van der Waals surface area contributed by atoms with Crippen molar-refractivity contribution in [3.63, 3.8) is 0 Å². The van der Waals surface area contributed by atoms with Crippen molar-refractivity contribution in [3.8, 4) is 17.0 Å². The van der Waals surface area contributed by atoms with E-state index >= 15 is 0 Å². The van der Waals surface area contributed by atoms with Crippen LogP contribution in [0.3, 0.4) is 0 Å². The lowest BCUT2D eigenvalue weighted by Gasteiger charge is -2.11. The van der Waals surface area contributed by atoms with Crippen LogP contribution in [-0.2, 0) is 0 Å². The fraction of sp³-hybridized carbons (Fsp3) is 0.231. The third kappa shape index (κ3) is 2.69. The van der Waals surface area contributed by atoms with Gasteiger partial charge >= 0.3 is 0 Å². The molecule has 0 fully saturated rings. The van der Waals surface area contributed by atoms with Gasteiger partial charge in [-0.15, -0.1) is 0 Å². The molecule has 0 bridgehead atoms. The van der Waals surface area contributed by atoms with Crippen molar-refractivity contribution >= 4 is 15.9 Å². The molecule has 0 radical (unpaired) electrons. The zero-order chi connectivity index (χ0) is 14.0. The van der Waals surface area contributed by atoms with Crippen LogP contribution < -0.4 is 11.3 Å². The minimum Gasteiger partial charge on any atom is -0.493 e. The summed E-state index contributed by atoms with van der Waals surface area (Å²) in [6.07, 6.45) is 0.622. The number of rotatable bonds is 3. The number of aromatic amines is 1. The van der Waals surface area contributed by atoms with Crippen molar-refractivity contribution in [1.29, 1.82) is 0 Å². The van der Waals surface area contributed by atoms with Crippen molar-refractivity contribution < 1.29 is 5.11 Å². The number of halogens is 1. The van der Waals surface area contributed by atoms with E-state index in [9.17, 15) is 9.90 Å². The minimum absolute atomic E-state index is 0.138. The molecule has 0 aliphatic rings. The second kappa shape index (κ2) is 5.54. The van der Waals surface area contributed by atoms with Crippen LogP contribution in [0.25, 0.3) is 11.1 Å². The molecule has 1 atom stereocenters. The van der Waals surface area contributed by atoms with Gasteiger partial charge in [-0.2, -0.15) is 4.98 Å². The first-order chi connectivity index (χ1) is 9.04. The molecular formula is C13H14BrN3O2. The first-order valence-corrected chi connectivity index (χ1v) is 6.67. The zero-order valence-electron chi connectivity index (χ0n) is 10.4. The Kier molecular flexibility index (Phi) is 4.01. The molecule has 100 valence electrons. The molecule has 0 saturated carbocycles. The van der Waals surface area contributed by atoms with Gasteiger partial charge in [0.15, 0.2) is 0 Å². The first-order valence-electron chi connectivity index (χ1n) is 5.88. The number of hydrogen-bond acceptors (Lipinski definition) is 4. The normalized spacial score (nSPS) is 12.4. The molecule has 1 heterocycles. The summed E-state index contributed by atoms with van der Waals surface area (Å²) in [5.41, 5.74) is 6.12. The average Bonchev–Trinajstić information content (AvgIpc) is 2.39. The van der Waals surface area contributed by atoms with Crippen LogP contribution in [0.4, 0.5) is 0 Å². The van der Waals surface area contributed by atoms with E-state index in [-0.39, 0.29) is 11.4 Å². The molecule has 2 aromatic rings.